The Labute approximate surface area is 183 Å². The zero-order valence-corrected chi connectivity index (χ0v) is 18.4. The predicted octanol–water partition coefficient (Wildman–Crippen LogP) is 5.40. The minimum atomic E-state index is -0.691. The fourth-order valence-corrected chi connectivity index (χ4v) is 4.62. The van der Waals surface area contributed by atoms with Crippen LogP contribution in [-0.2, 0) is 9.59 Å². The van der Waals surface area contributed by atoms with Gasteiger partial charge < -0.3 is 10.2 Å². The molecule has 0 radical (unpaired) electrons. The Balaban J connectivity index is 1.83. The molecule has 29 heavy (non-hydrogen) atoms. The van der Waals surface area contributed by atoms with Crippen LogP contribution in [0.25, 0.3) is 0 Å². The van der Waals surface area contributed by atoms with Gasteiger partial charge in [0.15, 0.2) is 0 Å². The number of alkyl halides is 1. The minimum absolute atomic E-state index is 0.129. The molecule has 3 rings (SSSR count). The second-order valence-electron chi connectivity index (χ2n) is 8.02. The Hall–Kier alpha value is -1.52. The summed E-state index contributed by atoms with van der Waals surface area (Å²) in [6, 6.07) is 6.68. The normalized spacial score (nSPS) is 18.2. The summed E-state index contributed by atoms with van der Waals surface area (Å²) in [5.74, 6) is -0.486. The molecule has 6 heteroatoms. The van der Waals surface area contributed by atoms with Crippen LogP contribution < -0.4 is 5.32 Å². The van der Waals surface area contributed by atoms with E-state index in [0.29, 0.717) is 11.6 Å². The Kier molecular flexibility index (Phi) is 8.43. The van der Waals surface area contributed by atoms with E-state index in [-0.39, 0.29) is 23.7 Å². The molecule has 158 valence electrons. The predicted molar refractivity (Wildman–Crippen MR) is 118 cm³/mol. The van der Waals surface area contributed by atoms with Crippen LogP contribution in [0.1, 0.15) is 69.4 Å². The van der Waals surface area contributed by atoms with Crippen molar-refractivity contribution in [3.05, 3.63) is 46.5 Å². The second-order valence-corrected chi connectivity index (χ2v) is 8.73. The van der Waals surface area contributed by atoms with Crippen molar-refractivity contribution in [1.82, 2.24) is 10.2 Å². The van der Waals surface area contributed by atoms with Gasteiger partial charge in [-0.2, -0.15) is 0 Å². The molecule has 1 aromatic carbocycles. The van der Waals surface area contributed by atoms with Crippen LogP contribution >= 0.6 is 23.2 Å². The van der Waals surface area contributed by atoms with Crippen molar-refractivity contribution in [3.8, 4) is 0 Å². The third-order valence-electron chi connectivity index (χ3n) is 5.94. The van der Waals surface area contributed by atoms with E-state index in [4.69, 9.17) is 23.2 Å². The van der Waals surface area contributed by atoms with Crippen LogP contribution in [0.15, 0.2) is 35.9 Å². The monoisotopic (exact) mass is 436 g/mol. The highest BCUT2D eigenvalue weighted by Crippen LogP contribution is 2.28. The van der Waals surface area contributed by atoms with E-state index in [1.807, 2.05) is 12.1 Å². The number of amides is 2. The first-order chi connectivity index (χ1) is 14.1. The molecule has 1 fully saturated rings. The molecule has 0 aromatic heterocycles. The van der Waals surface area contributed by atoms with Gasteiger partial charge in [0, 0.05) is 17.6 Å². The number of rotatable bonds is 8. The van der Waals surface area contributed by atoms with Crippen molar-refractivity contribution in [2.24, 2.45) is 0 Å². The number of nitrogens with one attached hydrogen (secondary N) is 1. The lowest BCUT2D eigenvalue weighted by atomic mass is 9.96. The van der Waals surface area contributed by atoms with Gasteiger partial charge >= 0.3 is 0 Å². The van der Waals surface area contributed by atoms with Crippen molar-refractivity contribution in [1.29, 1.82) is 0 Å². The van der Waals surface area contributed by atoms with E-state index in [9.17, 15) is 9.59 Å². The molecular formula is C23H30Cl2N2O2. The number of hydrogen-bond donors (Lipinski definition) is 1. The maximum Gasteiger partial charge on any atom is 0.247 e. The summed E-state index contributed by atoms with van der Waals surface area (Å²) in [7, 11) is 0. The van der Waals surface area contributed by atoms with Crippen LogP contribution in [0.3, 0.4) is 0 Å². The molecule has 0 aliphatic heterocycles. The summed E-state index contributed by atoms with van der Waals surface area (Å²) >= 11 is 12.0. The van der Waals surface area contributed by atoms with Gasteiger partial charge in [0.25, 0.3) is 0 Å². The first-order valence-electron chi connectivity index (χ1n) is 10.7. The highest BCUT2D eigenvalue weighted by molar-refractivity contribution is 6.30. The second kappa shape index (κ2) is 11.0. The maximum atomic E-state index is 13.3. The Morgan fingerprint density at radius 3 is 2.45 bits per heavy atom. The van der Waals surface area contributed by atoms with Gasteiger partial charge in [-0.15, -0.1) is 11.6 Å². The lowest BCUT2D eigenvalue weighted by Crippen LogP contribution is -2.47. The van der Waals surface area contributed by atoms with E-state index >= 15 is 0 Å². The first-order valence-corrected chi connectivity index (χ1v) is 11.6. The van der Waals surface area contributed by atoms with Gasteiger partial charge in [-0.05, 0) is 62.6 Å². The Morgan fingerprint density at radius 1 is 1.10 bits per heavy atom. The van der Waals surface area contributed by atoms with Crippen LogP contribution in [0, 0.1) is 0 Å². The van der Waals surface area contributed by atoms with Crippen LogP contribution in [0.4, 0.5) is 0 Å². The van der Waals surface area contributed by atoms with Gasteiger partial charge in [0.05, 0.1) is 0 Å². The summed E-state index contributed by atoms with van der Waals surface area (Å²) in [6.07, 6.45) is 11.9. The summed E-state index contributed by atoms with van der Waals surface area (Å²) in [5.41, 5.74) is 2.13. The van der Waals surface area contributed by atoms with Crippen LogP contribution in [0.5, 0.6) is 0 Å². The molecule has 4 nitrogen and oxygen atoms in total. The molecule has 0 bridgehead atoms. The average Bonchev–Trinajstić information content (AvgIpc) is 3.25. The third-order valence-corrected chi connectivity index (χ3v) is 6.42. The van der Waals surface area contributed by atoms with E-state index in [1.54, 1.807) is 17.0 Å². The maximum absolute atomic E-state index is 13.3. The molecule has 0 saturated heterocycles. The number of carbonyl (C=O) groups excluding carboxylic acids is 2. The molecule has 0 heterocycles. The molecule has 1 atom stereocenters. The smallest absolute Gasteiger partial charge is 0.247 e. The highest BCUT2D eigenvalue weighted by atomic mass is 35.5. The number of benzene rings is 1. The van der Waals surface area contributed by atoms with Crippen molar-refractivity contribution in [2.45, 2.75) is 69.9 Å². The fourth-order valence-electron chi connectivity index (χ4n) is 4.34. The zero-order chi connectivity index (χ0) is 20.6. The number of allylic oxidation sites excluding steroid dienone is 1. The quantitative estimate of drug-likeness (QED) is 0.438. The van der Waals surface area contributed by atoms with E-state index in [1.165, 1.54) is 18.4 Å². The molecule has 0 spiro atoms. The average molecular weight is 437 g/mol. The summed E-state index contributed by atoms with van der Waals surface area (Å²) in [6.45, 7) is 0.489. The standard InChI is InChI=1S/C23H30Cl2N2O2/c24-16-21(28)27(15-14-17-6-2-1-3-7-17)22(18-10-12-19(25)13-11-18)23(29)26-20-8-4-5-9-20/h6,10-13,20,22H,1-5,7-9,14-16H2,(H,26,29)/t22-/m1/s1. The van der Waals surface area contributed by atoms with Crippen molar-refractivity contribution >= 4 is 35.0 Å². The van der Waals surface area contributed by atoms with Gasteiger partial charge in [0.1, 0.15) is 11.9 Å². The molecule has 2 amide bonds. The molecule has 1 aromatic rings. The molecular weight excluding hydrogens is 407 g/mol. The van der Waals surface area contributed by atoms with Crippen molar-refractivity contribution in [3.63, 3.8) is 0 Å². The number of hydrogen-bond acceptors (Lipinski definition) is 2. The van der Waals surface area contributed by atoms with Crippen LogP contribution in [0.2, 0.25) is 5.02 Å². The van der Waals surface area contributed by atoms with Crippen molar-refractivity contribution < 1.29 is 9.59 Å². The number of nitrogens with zero attached hydrogens (tertiary/aromatic N) is 1. The van der Waals surface area contributed by atoms with Gasteiger partial charge in [-0.3, -0.25) is 9.59 Å². The molecule has 2 aliphatic rings. The topological polar surface area (TPSA) is 49.4 Å². The largest absolute Gasteiger partial charge is 0.351 e. The molecule has 0 unspecified atom stereocenters. The lowest BCUT2D eigenvalue weighted by Gasteiger charge is -2.32. The number of carbonyl (C=O) groups is 2. The first kappa shape index (κ1) is 22.2. The summed E-state index contributed by atoms with van der Waals surface area (Å²) < 4.78 is 0. The number of halogens is 2. The zero-order valence-electron chi connectivity index (χ0n) is 16.8. The fraction of sp³-hybridized carbons (Fsp3) is 0.565. The van der Waals surface area contributed by atoms with Gasteiger partial charge in [-0.25, -0.2) is 0 Å². The summed E-state index contributed by atoms with van der Waals surface area (Å²) in [4.78, 5) is 27.7. The lowest BCUT2D eigenvalue weighted by molar-refractivity contribution is -0.139. The molecule has 1 saturated carbocycles. The summed E-state index contributed by atoms with van der Waals surface area (Å²) in [5, 5.41) is 3.77. The minimum Gasteiger partial charge on any atom is -0.351 e. The Morgan fingerprint density at radius 2 is 1.83 bits per heavy atom. The third kappa shape index (κ3) is 6.23. The highest BCUT2D eigenvalue weighted by Gasteiger charge is 2.32. The van der Waals surface area contributed by atoms with E-state index < -0.39 is 6.04 Å². The molecule has 2 aliphatic carbocycles. The van der Waals surface area contributed by atoms with Crippen molar-refractivity contribution in [2.75, 3.05) is 12.4 Å². The molecule has 1 N–H and O–H groups in total. The van der Waals surface area contributed by atoms with E-state index in [2.05, 4.69) is 11.4 Å². The van der Waals surface area contributed by atoms with Crippen LogP contribution in [-0.4, -0.2) is 35.2 Å². The van der Waals surface area contributed by atoms with Gasteiger partial charge in [0.2, 0.25) is 11.8 Å². The van der Waals surface area contributed by atoms with Gasteiger partial charge in [-0.1, -0.05) is 48.2 Å². The SMILES string of the molecule is O=C(NC1CCCC1)[C@@H](c1ccc(Cl)cc1)N(CCC1=CCCCC1)C(=O)CCl. The Bertz CT molecular complexity index is 727. The van der Waals surface area contributed by atoms with E-state index in [0.717, 1.165) is 50.5 Å².